The van der Waals surface area contributed by atoms with E-state index < -0.39 is 29.4 Å². The van der Waals surface area contributed by atoms with Gasteiger partial charge >= 0.3 is 18.0 Å². The quantitative estimate of drug-likeness (QED) is 0.502. The summed E-state index contributed by atoms with van der Waals surface area (Å²) in [5.41, 5.74) is -0.0408. The topological polar surface area (TPSA) is 22.0 Å². The summed E-state index contributed by atoms with van der Waals surface area (Å²) in [6, 6.07) is 7.72. The fourth-order valence-electron chi connectivity index (χ4n) is 3.44. The highest BCUT2D eigenvalue weighted by Gasteiger charge is 2.76. The van der Waals surface area contributed by atoms with Gasteiger partial charge < -0.3 is 4.57 Å². The summed E-state index contributed by atoms with van der Waals surface area (Å²) in [5.74, 6) is -14.9. The average Bonchev–Trinajstić information content (AvgIpc) is 3.16. The Bertz CT molecular complexity index is 881. The third kappa shape index (κ3) is 2.74. The number of hydrogen-bond acceptors (Lipinski definition) is 1. The number of hydrogen-bond donors (Lipinski definition) is 0. The number of ketones is 1. The van der Waals surface area contributed by atoms with Crippen LogP contribution in [-0.4, -0.2) is 28.4 Å². The molecule has 0 atom stereocenters. The third-order valence-electron chi connectivity index (χ3n) is 4.75. The smallest absolute Gasteiger partial charge is 0.347 e. The second-order valence-electron chi connectivity index (χ2n) is 6.38. The molecule has 1 aliphatic rings. The van der Waals surface area contributed by atoms with Crippen LogP contribution in [0.25, 0.3) is 11.1 Å². The van der Waals surface area contributed by atoms with Gasteiger partial charge in [0.05, 0.1) is 5.56 Å². The normalized spacial score (nSPS) is 15.1. The van der Waals surface area contributed by atoms with E-state index in [1.807, 2.05) is 0 Å². The van der Waals surface area contributed by atoms with Gasteiger partial charge in [0.25, 0.3) is 0 Å². The molecule has 27 heavy (non-hydrogen) atoms. The number of fused-ring (bicyclic) bond motifs is 1. The number of rotatable bonds is 4. The Morgan fingerprint density at radius 2 is 1.59 bits per heavy atom. The van der Waals surface area contributed by atoms with E-state index in [4.69, 9.17) is 0 Å². The largest absolute Gasteiger partial charge is 0.460 e. The molecule has 0 saturated heterocycles. The fourth-order valence-corrected chi connectivity index (χ4v) is 3.44. The van der Waals surface area contributed by atoms with Gasteiger partial charge in [0, 0.05) is 23.5 Å². The van der Waals surface area contributed by atoms with E-state index in [9.17, 15) is 35.5 Å². The van der Waals surface area contributed by atoms with Gasteiger partial charge in [-0.3, -0.25) is 4.79 Å². The molecule has 146 valence electrons. The summed E-state index contributed by atoms with van der Waals surface area (Å²) < 4.78 is 94.0. The van der Waals surface area contributed by atoms with Crippen molar-refractivity contribution >= 4 is 5.78 Å². The maximum absolute atomic E-state index is 14.1. The minimum Gasteiger partial charge on any atom is -0.347 e. The first-order chi connectivity index (χ1) is 12.4. The molecule has 0 radical (unpaired) electrons. The van der Waals surface area contributed by atoms with Crippen LogP contribution < -0.4 is 0 Å². The number of benzene rings is 1. The van der Waals surface area contributed by atoms with Crippen LogP contribution in [0.4, 0.5) is 30.7 Å². The van der Waals surface area contributed by atoms with Crippen molar-refractivity contribution < 1.29 is 35.5 Å². The Hall–Kier alpha value is -2.32. The van der Waals surface area contributed by atoms with E-state index in [0.717, 1.165) is 0 Å². The Balaban J connectivity index is 2.22. The number of nitrogens with zero attached hydrogens (tertiary/aromatic N) is 1. The molecule has 9 heteroatoms. The van der Waals surface area contributed by atoms with Gasteiger partial charge in [-0.1, -0.05) is 30.3 Å². The molecule has 0 bridgehead atoms. The van der Waals surface area contributed by atoms with Crippen LogP contribution in [0.5, 0.6) is 0 Å². The molecule has 2 nitrogen and oxygen atoms in total. The summed E-state index contributed by atoms with van der Waals surface area (Å²) in [6.07, 6.45) is -5.51. The van der Waals surface area contributed by atoms with Crippen molar-refractivity contribution in [1.82, 2.24) is 4.57 Å². The zero-order valence-corrected chi connectivity index (χ0v) is 14.0. The third-order valence-corrected chi connectivity index (χ3v) is 4.75. The predicted octanol–water partition coefficient (Wildman–Crippen LogP) is 5.43. The maximum atomic E-state index is 14.1. The van der Waals surface area contributed by atoms with Crippen LogP contribution in [0.1, 0.15) is 28.2 Å². The monoisotopic (exact) mass is 393 g/mol. The lowest BCUT2D eigenvalue weighted by Gasteiger charge is -2.27. The lowest BCUT2D eigenvalue weighted by Crippen LogP contribution is -2.56. The molecule has 0 spiro atoms. The first-order valence-corrected chi connectivity index (χ1v) is 8.05. The van der Waals surface area contributed by atoms with Crippen LogP contribution in [0.2, 0.25) is 0 Å². The van der Waals surface area contributed by atoms with Gasteiger partial charge in [-0.25, -0.2) is 0 Å². The SMILES string of the molecule is Cc1c(C(=O)C(F)(F)C(F)(F)C(F)(F)F)c(-c2ccccc2)c2n1CCC2. The van der Waals surface area contributed by atoms with Crippen molar-refractivity contribution in [2.75, 3.05) is 0 Å². The summed E-state index contributed by atoms with van der Waals surface area (Å²) in [7, 11) is 0. The van der Waals surface area contributed by atoms with E-state index in [0.29, 0.717) is 30.6 Å². The van der Waals surface area contributed by atoms with E-state index in [2.05, 4.69) is 0 Å². The van der Waals surface area contributed by atoms with Gasteiger partial charge in [0.2, 0.25) is 5.78 Å². The second-order valence-corrected chi connectivity index (χ2v) is 6.38. The van der Waals surface area contributed by atoms with Crippen molar-refractivity contribution in [2.45, 2.75) is 44.3 Å². The predicted molar refractivity (Wildman–Crippen MR) is 83.2 cm³/mol. The summed E-state index contributed by atoms with van der Waals surface area (Å²) in [4.78, 5) is 12.3. The molecule has 0 aliphatic carbocycles. The van der Waals surface area contributed by atoms with Gasteiger partial charge in [-0.05, 0) is 25.3 Å². The molecular formula is C18H14F7NO. The molecule has 0 unspecified atom stereocenters. The zero-order valence-electron chi connectivity index (χ0n) is 14.0. The molecule has 1 aromatic heterocycles. The Kier molecular flexibility index (Phi) is 4.39. The Morgan fingerprint density at radius 3 is 2.15 bits per heavy atom. The van der Waals surface area contributed by atoms with Crippen LogP contribution in [-0.2, 0) is 13.0 Å². The lowest BCUT2D eigenvalue weighted by molar-refractivity contribution is -0.339. The highest BCUT2D eigenvalue weighted by Crippen LogP contribution is 2.49. The lowest BCUT2D eigenvalue weighted by atomic mass is 9.92. The van der Waals surface area contributed by atoms with E-state index >= 15 is 0 Å². The maximum Gasteiger partial charge on any atom is 0.460 e. The molecule has 0 amide bonds. The number of aromatic nitrogens is 1. The molecule has 0 saturated carbocycles. The van der Waals surface area contributed by atoms with E-state index in [1.54, 1.807) is 18.2 Å². The molecule has 1 aromatic carbocycles. The first kappa shape index (κ1) is 19.4. The van der Waals surface area contributed by atoms with Gasteiger partial charge in [-0.15, -0.1) is 0 Å². The van der Waals surface area contributed by atoms with Gasteiger partial charge in [-0.2, -0.15) is 30.7 Å². The van der Waals surface area contributed by atoms with Crippen LogP contribution in [0.15, 0.2) is 30.3 Å². The molecule has 2 heterocycles. The standard InChI is InChI=1S/C18H14F7NO/c1-10-13(15(27)16(19,20)17(21,22)18(23,24)25)14(11-6-3-2-4-7-11)12-8-5-9-26(10)12/h2-4,6-7H,5,8-9H2,1H3. The van der Waals surface area contributed by atoms with Crippen molar-refractivity contribution in [3.63, 3.8) is 0 Å². The summed E-state index contributed by atoms with van der Waals surface area (Å²) >= 11 is 0. The highest BCUT2D eigenvalue weighted by molar-refractivity contribution is 6.09. The van der Waals surface area contributed by atoms with Gasteiger partial charge in [0.15, 0.2) is 0 Å². The molecule has 0 N–H and O–H groups in total. The minimum absolute atomic E-state index is 0.00625. The Morgan fingerprint density at radius 1 is 1.00 bits per heavy atom. The average molecular weight is 393 g/mol. The molecular weight excluding hydrogens is 379 g/mol. The van der Waals surface area contributed by atoms with E-state index in [-0.39, 0.29) is 11.3 Å². The molecule has 0 fully saturated rings. The summed E-state index contributed by atoms with van der Waals surface area (Å²) in [5, 5.41) is 0. The van der Waals surface area contributed by atoms with Crippen LogP contribution in [0.3, 0.4) is 0 Å². The number of alkyl halides is 7. The molecule has 2 aromatic rings. The number of carbonyl (C=O) groups excluding carboxylic acids is 1. The van der Waals surface area contributed by atoms with Crippen LogP contribution >= 0.6 is 0 Å². The summed E-state index contributed by atoms with van der Waals surface area (Å²) in [6.45, 7) is 1.64. The van der Waals surface area contributed by atoms with Crippen molar-refractivity contribution in [3.05, 3.63) is 47.3 Å². The molecule has 1 aliphatic heterocycles. The van der Waals surface area contributed by atoms with Crippen molar-refractivity contribution in [1.29, 1.82) is 0 Å². The first-order valence-electron chi connectivity index (χ1n) is 8.05. The van der Waals surface area contributed by atoms with Gasteiger partial charge in [0.1, 0.15) is 0 Å². The Labute approximate surface area is 149 Å². The minimum atomic E-state index is -6.56. The number of Topliss-reactive ketones (excluding diaryl/α,β-unsaturated/α-hetero) is 1. The highest BCUT2D eigenvalue weighted by atomic mass is 19.4. The van der Waals surface area contributed by atoms with Crippen molar-refractivity contribution in [3.8, 4) is 11.1 Å². The van der Waals surface area contributed by atoms with E-state index in [1.165, 1.54) is 23.6 Å². The van der Waals surface area contributed by atoms with Crippen LogP contribution in [0, 0.1) is 6.92 Å². The fraction of sp³-hybridized carbons (Fsp3) is 0.389. The number of carbonyl (C=O) groups is 1. The van der Waals surface area contributed by atoms with Crippen molar-refractivity contribution in [2.24, 2.45) is 0 Å². The zero-order chi connectivity index (χ0) is 20.2. The number of halogens is 7. The second kappa shape index (κ2) is 6.10. The molecule has 3 rings (SSSR count).